The van der Waals surface area contributed by atoms with Gasteiger partial charge in [0.05, 0.1) is 27.1 Å². The molecule has 1 N–H and O–H groups in total. The SMILES string of the molecule is O=C(CN1C(=O)SC(=Cc2cc3c(cc2[N+](=O)[O-])OCO3)C1=O)Nc1ccccc1F. The van der Waals surface area contributed by atoms with E-state index in [4.69, 9.17) is 9.47 Å². The van der Waals surface area contributed by atoms with E-state index in [9.17, 15) is 28.9 Å². The van der Waals surface area contributed by atoms with Gasteiger partial charge in [0.2, 0.25) is 12.7 Å². The number of carbonyl (C=O) groups excluding carboxylic acids is 3. The first-order valence-electron chi connectivity index (χ1n) is 8.71. The number of halogens is 1. The van der Waals surface area contributed by atoms with Gasteiger partial charge in [0.25, 0.3) is 16.8 Å². The van der Waals surface area contributed by atoms with Gasteiger partial charge in [-0.1, -0.05) is 12.1 Å². The molecular weight excluding hydrogens is 433 g/mol. The summed E-state index contributed by atoms with van der Waals surface area (Å²) in [7, 11) is 0. The van der Waals surface area contributed by atoms with Crippen molar-refractivity contribution in [2.45, 2.75) is 0 Å². The van der Waals surface area contributed by atoms with E-state index in [0.717, 1.165) is 6.07 Å². The molecule has 10 nitrogen and oxygen atoms in total. The monoisotopic (exact) mass is 445 g/mol. The van der Waals surface area contributed by atoms with E-state index in [2.05, 4.69) is 5.32 Å². The van der Waals surface area contributed by atoms with Gasteiger partial charge in [0, 0.05) is 0 Å². The average Bonchev–Trinajstić information content (AvgIpc) is 3.28. The van der Waals surface area contributed by atoms with Crippen LogP contribution in [0.2, 0.25) is 0 Å². The highest BCUT2D eigenvalue weighted by Crippen LogP contribution is 2.40. The van der Waals surface area contributed by atoms with Crippen molar-refractivity contribution in [2.75, 3.05) is 18.7 Å². The van der Waals surface area contributed by atoms with Gasteiger partial charge in [-0.2, -0.15) is 0 Å². The summed E-state index contributed by atoms with van der Waals surface area (Å²) >= 11 is 0.532. The number of hydrogen-bond donors (Lipinski definition) is 1. The number of anilines is 1. The predicted octanol–water partition coefficient (Wildman–Crippen LogP) is 3.14. The van der Waals surface area contributed by atoms with Crippen molar-refractivity contribution in [1.29, 1.82) is 0 Å². The Hall–Kier alpha value is -3.93. The first kappa shape index (κ1) is 20.3. The Morgan fingerprint density at radius 1 is 1.26 bits per heavy atom. The van der Waals surface area contributed by atoms with Crippen LogP contribution in [0.15, 0.2) is 41.3 Å². The Morgan fingerprint density at radius 2 is 1.97 bits per heavy atom. The normalized spacial score (nSPS) is 16.2. The van der Waals surface area contributed by atoms with Gasteiger partial charge < -0.3 is 14.8 Å². The fraction of sp³-hybridized carbons (Fsp3) is 0.105. The van der Waals surface area contributed by atoms with Crippen LogP contribution in [0.1, 0.15) is 5.56 Å². The highest BCUT2D eigenvalue weighted by Gasteiger charge is 2.37. The molecule has 2 heterocycles. The molecule has 0 radical (unpaired) electrons. The molecule has 1 saturated heterocycles. The minimum Gasteiger partial charge on any atom is -0.454 e. The van der Waals surface area contributed by atoms with Crippen molar-refractivity contribution in [3.8, 4) is 11.5 Å². The van der Waals surface area contributed by atoms with Crippen molar-refractivity contribution in [2.24, 2.45) is 0 Å². The van der Waals surface area contributed by atoms with Crippen LogP contribution in [-0.4, -0.2) is 40.2 Å². The molecule has 2 aliphatic heterocycles. The second-order valence-electron chi connectivity index (χ2n) is 6.32. The van der Waals surface area contributed by atoms with E-state index >= 15 is 0 Å². The summed E-state index contributed by atoms with van der Waals surface area (Å²) in [5.41, 5.74) is -0.394. The quantitative estimate of drug-likeness (QED) is 0.422. The number of carbonyl (C=O) groups is 3. The highest BCUT2D eigenvalue weighted by atomic mass is 32.2. The lowest BCUT2D eigenvalue weighted by Gasteiger charge is -2.12. The first-order valence-corrected chi connectivity index (χ1v) is 9.53. The molecule has 158 valence electrons. The number of ether oxygens (including phenoxy) is 2. The number of nitrogens with zero attached hydrogens (tertiary/aromatic N) is 2. The van der Waals surface area contributed by atoms with Crippen LogP contribution in [0.25, 0.3) is 6.08 Å². The molecule has 0 aromatic heterocycles. The van der Waals surface area contributed by atoms with Gasteiger partial charge in [-0.05, 0) is 36.0 Å². The molecule has 4 rings (SSSR count). The lowest BCUT2D eigenvalue weighted by molar-refractivity contribution is -0.385. The number of imide groups is 1. The molecule has 1 fully saturated rings. The molecule has 0 aliphatic carbocycles. The molecule has 0 bridgehead atoms. The van der Waals surface area contributed by atoms with Crippen LogP contribution in [0.5, 0.6) is 11.5 Å². The summed E-state index contributed by atoms with van der Waals surface area (Å²) in [6, 6.07) is 7.94. The van der Waals surface area contributed by atoms with Crippen LogP contribution < -0.4 is 14.8 Å². The maximum absolute atomic E-state index is 13.7. The average molecular weight is 445 g/mol. The van der Waals surface area contributed by atoms with Crippen molar-refractivity contribution in [3.63, 3.8) is 0 Å². The Kier molecular flexibility index (Phi) is 5.29. The van der Waals surface area contributed by atoms with E-state index in [1.165, 1.54) is 36.4 Å². The fourth-order valence-electron chi connectivity index (χ4n) is 2.89. The molecule has 12 heteroatoms. The first-order chi connectivity index (χ1) is 14.8. The molecule has 2 aromatic carbocycles. The topological polar surface area (TPSA) is 128 Å². The van der Waals surface area contributed by atoms with E-state index < -0.39 is 34.3 Å². The zero-order valence-corrected chi connectivity index (χ0v) is 16.3. The van der Waals surface area contributed by atoms with Gasteiger partial charge in [-0.15, -0.1) is 0 Å². The number of benzene rings is 2. The van der Waals surface area contributed by atoms with E-state index in [-0.39, 0.29) is 40.1 Å². The second kappa shape index (κ2) is 8.07. The van der Waals surface area contributed by atoms with Crippen LogP contribution in [-0.2, 0) is 9.59 Å². The minimum atomic E-state index is -0.800. The van der Waals surface area contributed by atoms with Gasteiger partial charge in [0.15, 0.2) is 11.5 Å². The summed E-state index contributed by atoms with van der Waals surface area (Å²) in [5.74, 6) is -1.78. The molecule has 0 spiro atoms. The molecule has 0 saturated carbocycles. The predicted molar refractivity (Wildman–Crippen MR) is 107 cm³/mol. The van der Waals surface area contributed by atoms with Gasteiger partial charge in [0.1, 0.15) is 12.4 Å². The number of thioether (sulfide) groups is 1. The largest absolute Gasteiger partial charge is 0.454 e. The Labute approximate surface area is 177 Å². The molecule has 2 aliphatic rings. The summed E-state index contributed by atoms with van der Waals surface area (Å²) in [6.45, 7) is -0.733. The highest BCUT2D eigenvalue weighted by molar-refractivity contribution is 8.18. The number of hydrogen-bond acceptors (Lipinski definition) is 8. The van der Waals surface area contributed by atoms with Crippen LogP contribution in [0.3, 0.4) is 0 Å². The Balaban J connectivity index is 1.55. The smallest absolute Gasteiger partial charge is 0.294 e. The fourth-order valence-corrected chi connectivity index (χ4v) is 3.72. The summed E-state index contributed by atoms with van der Waals surface area (Å²) in [4.78, 5) is 48.3. The van der Waals surface area contributed by atoms with Gasteiger partial charge in [-0.25, -0.2) is 4.39 Å². The third-order valence-corrected chi connectivity index (χ3v) is 5.24. The molecule has 3 amide bonds. The van der Waals surface area contributed by atoms with Crippen LogP contribution in [0, 0.1) is 15.9 Å². The third kappa shape index (κ3) is 4.05. The number of rotatable bonds is 5. The van der Waals surface area contributed by atoms with Crippen molar-refractivity contribution in [1.82, 2.24) is 4.90 Å². The van der Waals surface area contributed by atoms with Crippen molar-refractivity contribution < 1.29 is 33.2 Å². The van der Waals surface area contributed by atoms with Crippen LogP contribution in [0.4, 0.5) is 20.6 Å². The number of amides is 3. The molecule has 2 aromatic rings. The van der Waals surface area contributed by atoms with E-state index in [0.29, 0.717) is 16.7 Å². The zero-order valence-electron chi connectivity index (χ0n) is 15.5. The maximum atomic E-state index is 13.7. The van der Waals surface area contributed by atoms with Gasteiger partial charge in [-0.3, -0.25) is 29.4 Å². The maximum Gasteiger partial charge on any atom is 0.294 e. The lowest BCUT2D eigenvalue weighted by Crippen LogP contribution is -2.36. The third-order valence-electron chi connectivity index (χ3n) is 4.33. The van der Waals surface area contributed by atoms with Crippen LogP contribution >= 0.6 is 11.8 Å². The Bertz CT molecular complexity index is 1170. The number of nitrogens with one attached hydrogen (secondary N) is 1. The number of nitro groups is 1. The lowest BCUT2D eigenvalue weighted by atomic mass is 10.1. The van der Waals surface area contributed by atoms with Crippen molar-refractivity contribution >= 4 is 46.3 Å². The molecule has 31 heavy (non-hydrogen) atoms. The van der Waals surface area contributed by atoms with E-state index in [1.54, 1.807) is 0 Å². The molecular formula is C19H12FN3O7S. The second-order valence-corrected chi connectivity index (χ2v) is 7.31. The Morgan fingerprint density at radius 3 is 2.68 bits per heavy atom. The van der Waals surface area contributed by atoms with Gasteiger partial charge >= 0.3 is 0 Å². The molecule has 0 atom stereocenters. The standard InChI is InChI=1S/C19H12FN3O7S/c20-11-3-1-2-4-12(11)21-17(24)8-22-18(25)16(31-19(22)26)6-10-5-14-15(30-9-29-14)7-13(10)23(27)28/h1-7H,8-9H2,(H,21,24). The van der Waals surface area contributed by atoms with E-state index in [1.807, 2.05) is 0 Å². The zero-order chi connectivity index (χ0) is 22.1. The number of para-hydroxylation sites is 1. The summed E-state index contributed by atoms with van der Waals surface area (Å²) < 4.78 is 24.0. The molecule has 0 unspecified atom stereocenters. The minimum absolute atomic E-state index is 0.0376. The van der Waals surface area contributed by atoms with Crippen molar-refractivity contribution in [3.05, 3.63) is 62.8 Å². The summed E-state index contributed by atoms with van der Waals surface area (Å²) in [5, 5.41) is 12.9. The number of fused-ring (bicyclic) bond motifs is 1. The summed E-state index contributed by atoms with van der Waals surface area (Å²) in [6.07, 6.45) is 1.18. The number of nitro benzene ring substituents is 1.